The predicted molar refractivity (Wildman–Crippen MR) is 77.4 cm³/mol. The predicted octanol–water partition coefficient (Wildman–Crippen LogP) is 3.79. The molecule has 0 aliphatic heterocycles. The highest BCUT2D eigenvalue weighted by Crippen LogP contribution is 2.29. The lowest BCUT2D eigenvalue weighted by molar-refractivity contribution is 0.619. The van der Waals surface area contributed by atoms with E-state index in [2.05, 4.69) is 20.9 Å². The SMILES string of the molecule is Cc1cc(-c2nc3ccc(F)cn3c2N)ccc1Br. The molecule has 3 nitrogen and oxygen atoms in total. The number of anilines is 1. The van der Waals surface area contributed by atoms with Crippen LogP contribution in [0.5, 0.6) is 0 Å². The topological polar surface area (TPSA) is 43.3 Å². The molecule has 0 aliphatic carbocycles. The number of pyridine rings is 1. The molecule has 0 aliphatic rings. The molecule has 0 fully saturated rings. The van der Waals surface area contributed by atoms with Crippen LogP contribution in [0.15, 0.2) is 41.0 Å². The van der Waals surface area contributed by atoms with E-state index in [1.54, 1.807) is 10.5 Å². The number of aromatic nitrogens is 2. The number of nitrogens with two attached hydrogens (primary N) is 1. The number of rotatable bonds is 1. The molecule has 0 bridgehead atoms. The minimum atomic E-state index is -0.338. The van der Waals surface area contributed by atoms with E-state index >= 15 is 0 Å². The zero-order valence-corrected chi connectivity index (χ0v) is 11.8. The molecule has 0 spiro atoms. The van der Waals surface area contributed by atoms with E-state index < -0.39 is 0 Å². The van der Waals surface area contributed by atoms with E-state index in [1.807, 2.05) is 25.1 Å². The van der Waals surface area contributed by atoms with Crippen molar-refractivity contribution >= 4 is 27.4 Å². The molecule has 0 amide bonds. The Morgan fingerprint density at radius 3 is 2.79 bits per heavy atom. The Hall–Kier alpha value is -1.88. The van der Waals surface area contributed by atoms with Gasteiger partial charge in [-0.25, -0.2) is 9.37 Å². The molecule has 1 aromatic carbocycles. The van der Waals surface area contributed by atoms with E-state index in [-0.39, 0.29) is 5.82 Å². The molecule has 2 N–H and O–H groups in total. The summed E-state index contributed by atoms with van der Waals surface area (Å²) in [5.74, 6) is 0.103. The van der Waals surface area contributed by atoms with Crippen molar-refractivity contribution in [2.45, 2.75) is 6.92 Å². The largest absolute Gasteiger partial charge is 0.383 e. The molecule has 96 valence electrons. The highest BCUT2D eigenvalue weighted by Gasteiger charge is 2.12. The van der Waals surface area contributed by atoms with Gasteiger partial charge >= 0.3 is 0 Å². The van der Waals surface area contributed by atoms with Gasteiger partial charge in [-0.15, -0.1) is 0 Å². The second-order valence-electron chi connectivity index (χ2n) is 4.39. The van der Waals surface area contributed by atoms with Crippen LogP contribution >= 0.6 is 15.9 Å². The molecule has 0 saturated heterocycles. The van der Waals surface area contributed by atoms with Crippen molar-refractivity contribution in [3.05, 3.63) is 52.4 Å². The molecule has 2 heterocycles. The Bertz CT molecular complexity index is 780. The van der Waals surface area contributed by atoms with Crippen LogP contribution in [-0.2, 0) is 0 Å². The van der Waals surface area contributed by atoms with Gasteiger partial charge in [-0.3, -0.25) is 4.40 Å². The highest BCUT2D eigenvalue weighted by atomic mass is 79.9. The third-order valence-corrected chi connectivity index (χ3v) is 3.94. The summed E-state index contributed by atoms with van der Waals surface area (Å²) < 4.78 is 15.8. The second-order valence-corrected chi connectivity index (χ2v) is 5.24. The Labute approximate surface area is 118 Å². The van der Waals surface area contributed by atoms with Crippen LogP contribution in [0, 0.1) is 12.7 Å². The molecule has 3 rings (SSSR count). The Kier molecular flexibility index (Phi) is 2.78. The van der Waals surface area contributed by atoms with Gasteiger partial charge in [-0.2, -0.15) is 0 Å². The molecule has 0 unspecified atom stereocenters. The van der Waals surface area contributed by atoms with Gasteiger partial charge in [0.15, 0.2) is 0 Å². The number of fused-ring (bicyclic) bond motifs is 1. The van der Waals surface area contributed by atoms with Gasteiger partial charge in [-0.1, -0.05) is 22.0 Å². The van der Waals surface area contributed by atoms with Crippen molar-refractivity contribution in [2.24, 2.45) is 0 Å². The minimum absolute atomic E-state index is 0.338. The monoisotopic (exact) mass is 319 g/mol. The van der Waals surface area contributed by atoms with Gasteiger partial charge in [0.1, 0.15) is 23.0 Å². The van der Waals surface area contributed by atoms with Crippen molar-refractivity contribution in [1.29, 1.82) is 0 Å². The first-order chi connectivity index (χ1) is 9.06. The average molecular weight is 320 g/mol. The van der Waals surface area contributed by atoms with E-state index in [9.17, 15) is 4.39 Å². The van der Waals surface area contributed by atoms with Crippen LogP contribution in [-0.4, -0.2) is 9.38 Å². The molecule has 2 aromatic heterocycles. The third kappa shape index (κ3) is 2.00. The molecular weight excluding hydrogens is 309 g/mol. The summed E-state index contributed by atoms with van der Waals surface area (Å²) in [6.07, 6.45) is 1.34. The first-order valence-electron chi connectivity index (χ1n) is 5.76. The lowest BCUT2D eigenvalue weighted by atomic mass is 10.1. The summed E-state index contributed by atoms with van der Waals surface area (Å²) in [6.45, 7) is 2.00. The zero-order chi connectivity index (χ0) is 13.6. The minimum Gasteiger partial charge on any atom is -0.383 e. The average Bonchev–Trinajstić information content (AvgIpc) is 2.70. The highest BCUT2D eigenvalue weighted by molar-refractivity contribution is 9.10. The Balaban J connectivity index is 2.24. The van der Waals surface area contributed by atoms with Crippen LogP contribution in [0.2, 0.25) is 0 Å². The maximum Gasteiger partial charge on any atom is 0.140 e. The Morgan fingerprint density at radius 1 is 1.26 bits per heavy atom. The fourth-order valence-corrected chi connectivity index (χ4v) is 2.29. The van der Waals surface area contributed by atoms with Gasteiger partial charge in [0, 0.05) is 16.2 Å². The van der Waals surface area contributed by atoms with Crippen molar-refractivity contribution in [2.75, 3.05) is 5.73 Å². The van der Waals surface area contributed by atoms with Crippen LogP contribution in [0.3, 0.4) is 0 Å². The quantitative estimate of drug-likeness (QED) is 0.741. The molecule has 0 saturated carbocycles. The van der Waals surface area contributed by atoms with Crippen LogP contribution in [0.4, 0.5) is 10.2 Å². The van der Waals surface area contributed by atoms with Crippen LogP contribution in [0.1, 0.15) is 5.56 Å². The lowest BCUT2D eigenvalue weighted by Crippen LogP contribution is -1.95. The fourth-order valence-electron chi connectivity index (χ4n) is 2.04. The van der Waals surface area contributed by atoms with Gasteiger partial charge in [0.25, 0.3) is 0 Å². The maximum atomic E-state index is 13.2. The number of nitrogen functional groups attached to an aromatic ring is 1. The van der Waals surface area contributed by atoms with Crippen LogP contribution in [0.25, 0.3) is 16.9 Å². The summed E-state index contributed by atoms with van der Waals surface area (Å²) in [4.78, 5) is 4.45. The van der Waals surface area contributed by atoms with Crippen molar-refractivity contribution in [3.8, 4) is 11.3 Å². The summed E-state index contributed by atoms with van der Waals surface area (Å²) in [5, 5.41) is 0. The van der Waals surface area contributed by atoms with Crippen molar-refractivity contribution in [1.82, 2.24) is 9.38 Å². The van der Waals surface area contributed by atoms with Gasteiger partial charge in [0.2, 0.25) is 0 Å². The number of benzene rings is 1. The van der Waals surface area contributed by atoms with Gasteiger partial charge < -0.3 is 5.73 Å². The number of halogens is 2. The first kappa shape index (κ1) is 12.2. The summed E-state index contributed by atoms with van der Waals surface area (Å²) in [6, 6.07) is 8.87. The normalized spacial score (nSPS) is 11.1. The summed E-state index contributed by atoms with van der Waals surface area (Å²) in [7, 11) is 0. The van der Waals surface area contributed by atoms with Crippen molar-refractivity contribution in [3.63, 3.8) is 0 Å². The van der Waals surface area contributed by atoms with E-state index in [1.165, 1.54) is 12.3 Å². The van der Waals surface area contributed by atoms with Gasteiger partial charge in [0.05, 0.1) is 0 Å². The maximum absolute atomic E-state index is 13.2. The molecule has 19 heavy (non-hydrogen) atoms. The lowest BCUT2D eigenvalue weighted by Gasteiger charge is -2.03. The van der Waals surface area contributed by atoms with Crippen LogP contribution < -0.4 is 5.73 Å². The number of aryl methyl sites for hydroxylation is 1. The molecular formula is C14H11BrFN3. The summed E-state index contributed by atoms with van der Waals surface area (Å²) >= 11 is 3.46. The molecule has 0 atom stereocenters. The summed E-state index contributed by atoms with van der Waals surface area (Å²) in [5.41, 5.74) is 9.37. The van der Waals surface area contributed by atoms with Crippen molar-refractivity contribution < 1.29 is 4.39 Å². The number of nitrogens with zero attached hydrogens (tertiary/aromatic N) is 2. The van der Waals surface area contributed by atoms with E-state index in [4.69, 9.17) is 5.73 Å². The standard InChI is InChI=1S/C14H11BrFN3/c1-8-6-9(2-4-11(8)15)13-14(17)19-7-10(16)3-5-12(19)18-13/h2-7H,17H2,1H3. The first-order valence-corrected chi connectivity index (χ1v) is 6.55. The number of hydrogen-bond acceptors (Lipinski definition) is 2. The van der Waals surface area contributed by atoms with E-state index in [0.29, 0.717) is 17.2 Å². The second kappa shape index (κ2) is 4.35. The number of imidazole rings is 1. The van der Waals surface area contributed by atoms with Gasteiger partial charge in [-0.05, 0) is 36.8 Å². The third-order valence-electron chi connectivity index (χ3n) is 3.05. The molecule has 3 aromatic rings. The molecule has 5 heteroatoms. The fraction of sp³-hybridized carbons (Fsp3) is 0.0714. The van der Waals surface area contributed by atoms with E-state index in [0.717, 1.165) is 15.6 Å². The Morgan fingerprint density at radius 2 is 2.05 bits per heavy atom. The molecule has 0 radical (unpaired) electrons. The number of hydrogen-bond donors (Lipinski definition) is 1. The zero-order valence-electron chi connectivity index (χ0n) is 10.2. The smallest absolute Gasteiger partial charge is 0.140 e.